The Labute approximate surface area is 122 Å². The van der Waals surface area contributed by atoms with Gasteiger partial charge in [0.15, 0.2) is 0 Å². The summed E-state index contributed by atoms with van der Waals surface area (Å²) in [6.07, 6.45) is 1.87. The Kier molecular flexibility index (Phi) is 5.33. The van der Waals surface area contributed by atoms with E-state index in [1.54, 1.807) is 26.8 Å². The van der Waals surface area contributed by atoms with Crippen molar-refractivity contribution in [1.29, 1.82) is 0 Å². The molecule has 0 aliphatic heterocycles. The van der Waals surface area contributed by atoms with E-state index in [-0.39, 0.29) is 11.4 Å². The van der Waals surface area contributed by atoms with Gasteiger partial charge in [0.1, 0.15) is 5.60 Å². The molecule has 110 valence electrons. The fourth-order valence-electron chi connectivity index (χ4n) is 1.53. The molecule has 0 spiro atoms. The number of hydrogen-bond donors (Lipinski definition) is 2. The standard InChI is InChI=1S/C13H17ClN2O4/c1-13(2,3)20-12(19)16-10(6-11(17)18)8-4-5-15-7-9(8)14/h4-5,7,10H,6H2,1-3H3,(H,16,19)(H,17,18). The van der Waals surface area contributed by atoms with Gasteiger partial charge in [0.05, 0.1) is 17.5 Å². The summed E-state index contributed by atoms with van der Waals surface area (Å²) < 4.78 is 5.11. The van der Waals surface area contributed by atoms with Crippen LogP contribution in [0.2, 0.25) is 5.02 Å². The highest BCUT2D eigenvalue weighted by atomic mass is 35.5. The molecule has 0 saturated heterocycles. The zero-order valence-corrected chi connectivity index (χ0v) is 12.3. The van der Waals surface area contributed by atoms with Crippen molar-refractivity contribution in [2.24, 2.45) is 0 Å². The normalized spacial score (nSPS) is 12.6. The van der Waals surface area contributed by atoms with Gasteiger partial charge in [-0.3, -0.25) is 9.78 Å². The molecule has 1 unspecified atom stereocenters. The van der Waals surface area contributed by atoms with Crippen LogP contribution in [-0.2, 0) is 9.53 Å². The number of aliphatic carboxylic acids is 1. The van der Waals surface area contributed by atoms with E-state index in [1.165, 1.54) is 12.4 Å². The average molecular weight is 301 g/mol. The number of carbonyl (C=O) groups excluding carboxylic acids is 1. The van der Waals surface area contributed by atoms with Crippen LogP contribution in [0.4, 0.5) is 4.79 Å². The predicted octanol–water partition coefficient (Wildman–Crippen LogP) is 2.78. The van der Waals surface area contributed by atoms with Crippen LogP contribution in [0.15, 0.2) is 18.5 Å². The molecule has 0 saturated carbocycles. The first-order valence-corrected chi connectivity index (χ1v) is 6.37. The number of ether oxygens (including phenoxy) is 1. The lowest BCUT2D eigenvalue weighted by Gasteiger charge is -2.23. The van der Waals surface area contributed by atoms with Crippen LogP contribution in [0.1, 0.15) is 38.8 Å². The summed E-state index contributed by atoms with van der Waals surface area (Å²) in [5.74, 6) is -1.06. The van der Waals surface area contributed by atoms with E-state index in [1.807, 2.05) is 0 Å². The molecule has 2 N–H and O–H groups in total. The van der Waals surface area contributed by atoms with Crippen molar-refractivity contribution in [2.45, 2.75) is 38.8 Å². The number of alkyl carbamates (subject to hydrolysis) is 1. The van der Waals surface area contributed by atoms with Gasteiger partial charge in [0, 0.05) is 12.4 Å². The number of halogens is 1. The SMILES string of the molecule is CC(C)(C)OC(=O)NC(CC(=O)O)c1ccncc1Cl. The van der Waals surface area contributed by atoms with Crippen molar-refractivity contribution in [3.05, 3.63) is 29.0 Å². The van der Waals surface area contributed by atoms with E-state index in [2.05, 4.69) is 10.3 Å². The Bertz CT molecular complexity index is 499. The van der Waals surface area contributed by atoms with E-state index >= 15 is 0 Å². The number of rotatable bonds is 4. The molecule has 0 radical (unpaired) electrons. The van der Waals surface area contributed by atoms with Crippen molar-refractivity contribution in [3.8, 4) is 0 Å². The summed E-state index contributed by atoms with van der Waals surface area (Å²) in [5.41, 5.74) is -0.185. The third-order valence-corrected chi connectivity index (χ3v) is 2.56. The second-order valence-corrected chi connectivity index (χ2v) is 5.60. The minimum absolute atomic E-state index is 0.287. The fraction of sp³-hybridized carbons (Fsp3) is 0.462. The molecular weight excluding hydrogens is 284 g/mol. The maximum atomic E-state index is 11.8. The Morgan fingerprint density at radius 2 is 2.15 bits per heavy atom. The Morgan fingerprint density at radius 3 is 2.65 bits per heavy atom. The molecule has 1 heterocycles. The third kappa shape index (κ3) is 5.44. The number of carboxylic acid groups (broad SMARTS) is 1. The minimum Gasteiger partial charge on any atom is -0.481 e. The molecule has 0 aliphatic rings. The van der Waals surface area contributed by atoms with E-state index in [0.717, 1.165) is 0 Å². The van der Waals surface area contributed by atoms with Crippen LogP contribution in [0, 0.1) is 0 Å². The number of pyridine rings is 1. The maximum Gasteiger partial charge on any atom is 0.408 e. The molecule has 0 aliphatic carbocycles. The Morgan fingerprint density at radius 1 is 1.50 bits per heavy atom. The highest BCUT2D eigenvalue weighted by Crippen LogP contribution is 2.24. The van der Waals surface area contributed by atoms with Crippen molar-refractivity contribution in [1.82, 2.24) is 10.3 Å². The second-order valence-electron chi connectivity index (χ2n) is 5.19. The molecule has 6 nitrogen and oxygen atoms in total. The van der Waals surface area contributed by atoms with E-state index in [4.69, 9.17) is 21.4 Å². The third-order valence-electron chi connectivity index (χ3n) is 2.25. The summed E-state index contributed by atoms with van der Waals surface area (Å²) in [4.78, 5) is 26.5. The van der Waals surface area contributed by atoms with Crippen LogP contribution >= 0.6 is 11.6 Å². The largest absolute Gasteiger partial charge is 0.481 e. The maximum absolute atomic E-state index is 11.8. The van der Waals surface area contributed by atoms with Gasteiger partial charge in [0.25, 0.3) is 0 Å². The van der Waals surface area contributed by atoms with Gasteiger partial charge in [-0.05, 0) is 32.4 Å². The van der Waals surface area contributed by atoms with E-state index in [9.17, 15) is 9.59 Å². The topological polar surface area (TPSA) is 88.5 Å². The molecule has 1 rings (SSSR count). The summed E-state index contributed by atoms with van der Waals surface area (Å²) in [5, 5.41) is 11.7. The quantitative estimate of drug-likeness (QED) is 0.892. The monoisotopic (exact) mass is 300 g/mol. The molecular formula is C13H17ClN2O4. The molecule has 1 atom stereocenters. The lowest BCUT2D eigenvalue weighted by Crippen LogP contribution is -2.35. The van der Waals surface area contributed by atoms with Crippen molar-refractivity contribution >= 4 is 23.7 Å². The van der Waals surface area contributed by atoms with Gasteiger partial charge in [-0.2, -0.15) is 0 Å². The van der Waals surface area contributed by atoms with Crippen LogP contribution < -0.4 is 5.32 Å². The van der Waals surface area contributed by atoms with E-state index in [0.29, 0.717) is 5.56 Å². The number of amides is 1. The Balaban J connectivity index is 2.88. The summed E-state index contributed by atoms with van der Waals surface area (Å²) in [7, 11) is 0. The number of nitrogens with zero attached hydrogens (tertiary/aromatic N) is 1. The average Bonchev–Trinajstić information content (AvgIpc) is 2.25. The van der Waals surface area contributed by atoms with Crippen LogP contribution in [0.5, 0.6) is 0 Å². The van der Waals surface area contributed by atoms with Crippen LogP contribution in [-0.4, -0.2) is 27.8 Å². The smallest absolute Gasteiger partial charge is 0.408 e. The molecule has 1 amide bonds. The molecule has 0 bridgehead atoms. The summed E-state index contributed by atoms with van der Waals surface area (Å²) in [6, 6.07) is 0.783. The van der Waals surface area contributed by atoms with Crippen LogP contribution in [0.3, 0.4) is 0 Å². The first-order chi connectivity index (χ1) is 9.19. The number of carboxylic acids is 1. The molecule has 0 aromatic carbocycles. The van der Waals surface area contributed by atoms with Gasteiger partial charge in [0.2, 0.25) is 0 Å². The number of hydrogen-bond acceptors (Lipinski definition) is 4. The first kappa shape index (κ1) is 16.2. The predicted molar refractivity (Wildman–Crippen MR) is 73.6 cm³/mol. The lowest BCUT2D eigenvalue weighted by atomic mass is 10.1. The van der Waals surface area contributed by atoms with Crippen molar-refractivity contribution in [2.75, 3.05) is 0 Å². The van der Waals surface area contributed by atoms with Gasteiger partial charge in [-0.25, -0.2) is 4.79 Å². The molecule has 1 aromatic heterocycles. The zero-order valence-electron chi connectivity index (χ0n) is 11.5. The number of nitrogens with one attached hydrogen (secondary N) is 1. The lowest BCUT2D eigenvalue weighted by molar-refractivity contribution is -0.137. The van der Waals surface area contributed by atoms with Gasteiger partial charge in [-0.15, -0.1) is 0 Å². The first-order valence-electron chi connectivity index (χ1n) is 6.00. The van der Waals surface area contributed by atoms with E-state index < -0.39 is 23.7 Å². The fourth-order valence-corrected chi connectivity index (χ4v) is 1.78. The van der Waals surface area contributed by atoms with Gasteiger partial charge >= 0.3 is 12.1 Å². The molecule has 20 heavy (non-hydrogen) atoms. The van der Waals surface area contributed by atoms with Crippen LogP contribution in [0.25, 0.3) is 0 Å². The molecule has 0 fully saturated rings. The number of carbonyl (C=O) groups is 2. The Hall–Kier alpha value is -1.82. The highest BCUT2D eigenvalue weighted by Gasteiger charge is 2.23. The van der Waals surface area contributed by atoms with Gasteiger partial charge < -0.3 is 15.2 Å². The van der Waals surface area contributed by atoms with Crippen molar-refractivity contribution < 1.29 is 19.4 Å². The minimum atomic E-state index is -1.06. The zero-order chi connectivity index (χ0) is 15.3. The summed E-state index contributed by atoms with van der Waals surface area (Å²) in [6.45, 7) is 5.16. The van der Waals surface area contributed by atoms with Gasteiger partial charge in [-0.1, -0.05) is 11.6 Å². The second kappa shape index (κ2) is 6.56. The molecule has 7 heteroatoms. The van der Waals surface area contributed by atoms with Crippen molar-refractivity contribution in [3.63, 3.8) is 0 Å². The highest BCUT2D eigenvalue weighted by molar-refractivity contribution is 6.31. The number of aromatic nitrogens is 1. The molecule has 1 aromatic rings. The summed E-state index contributed by atoms with van der Waals surface area (Å²) >= 11 is 5.97.